The maximum atomic E-state index is 12.9. The maximum absolute atomic E-state index is 12.9. The average molecular weight is 349 g/mol. The molecule has 1 aliphatic carbocycles. The topological polar surface area (TPSA) is 66.2 Å². The van der Waals surface area contributed by atoms with Crippen molar-refractivity contribution >= 4 is 11.9 Å². The summed E-state index contributed by atoms with van der Waals surface area (Å²) in [4.78, 5) is 30.3. The van der Waals surface area contributed by atoms with Gasteiger partial charge in [-0.1, -0.05) is 0 Å². The molecule has 0 radical (unpaired) electrons. The standard InChI is InChI=1S/C18H27N3O4/c1-19(2)18(23)21(14-7-8-14)13-17(22)20(11-15-5-3-9-24-15)12-16-6-4-10-25-16/h3,5,9,14,16H,4,6-8,10-13H2,1-2H3/t16-/m1/s1. The minimum atomic E-state index is -0.106. The Kier molecular flexibility index (Phi) is 5.63. The fourth-order valence-corrected chi connectivity index (χ4v) is 3.12. The van der Waals surface area contributed by atoms with Crippen LogP contribution in [-0.2, 0) is 16.1 Å². The highest BCUT2D eigenvalue weighted by Crippen LogP contribution is 2.27. The van der Waals surface area contributed by atoms with Gasteiger partial charge in [0, 0.05) is 33.3 Å². The first kappa shape index (κ1) is 17.8. The minimum Gasteiger partial charge on any atom is -0.467 e. The van der Waals surface area contributed by atoms with Crippen molar-refractivity contribution in [3.05, 3.63) is 24.2 Å². The molecule has 1 saturated heterocycles. The number of amides is 3. The van der Waals surface area contributed by atoms with Crippen LogP contribution in [0.5, 0.6) is 0 Å². The summed E-state index contributed by atoms with van der Waals surface area (Å²) in [5.41, 5.74) is 0. The molecule has 1 aromatic heterocycles. The number of nitrogens with zero attached hydrogens (tertiary/aromatic N) is 3. The van der Waals surface area contributed by atoms with E-state index in [0.29, 0.717) is 13.1 Å². The molecule has 1 atom stereocenters. The van der Waals surface area contributed by atoms with Gasteiger partial charge in [0.2, 0.25) is 5.91 Å². The Labute approximate surface area is 148 Å². The Hall–Kier alpha value is -2.02. The van der Waals surface area contributed by atoms with E-state index in [4.69, 9.17) is 9.15 Å². The van der Waals surface area contributed by atoms with E-state index in [2.05, 4.69) is 0 Å². The Morgan fingerprint density at radius 3 is 2.60 bits per heavy atom. The van der Waals surface area contributed by atoms with E-state index in [1.807, 2.05) is 12.1 Å². The van der Waals surface area contributed by atoms with E-state index in [-0.39, 0.29) is 30.6 Å². The van der Waals surface area contributed by atoms with Gasteiger partial charge in [0.25, 0.3) is 0 Å². The molecule has 138 valence electrons. The zero-order valence-corrected chi connectivity index (χ0v) is 15.0. The van der Waals surface area contributed by atoms with Gasteiger partial charge in [-0.2, -0.15) is 0 Å². The molecule has 3 rings (SSSR count). The molecule has 0 bridgehead atoms. The van der Waals surface area contributed by atoms with Crippen molar-refractivity contribution in [3.8, 4) is 0 Å². The molecule has 2 fully saturated rings. The van der Waals surface area contributed by atoms with Crippen LogP contribution in [0, 0.1) is 0 Å². The summed E-state index contributed by atoms with van der Waals surface area (Å²) < 4.78 is 11.1. The second-order valence-corrected chi connectivity index (χ2v) is 7.02. The van der Waals surface area contributed by atoms with Crippen LogP contribution >= 0.6 is 0 Å². The van der Waals surface area contributed by atoms with Crippen molar-refractivity contribution in [2.24, 2.45) is 0 Å². The number of hydrogen-bond donors (Lipinski definition) is 0. The van der Waals surface area contributed by atoms with Gasteiger partial charge in [-0.05, 0) is 37.8 Å². The van der Waals surface area contributed by atoms with Crippen LogP contribution in [0.25, 0.3) is 0 Å². The quantitative estimate of drug-likeness (QED) is 0.754. The lowest BCUT2D eigenvalue weighted by molar-refractivity contribution is -0.134. The van der Waals surface area contributed by atoms with Crippen LogP contribution < -0.4 is 0 Å². The van der Waals surface area contributed by atoms with E-state index in [1.165, 1.54) is 4.90 Å². The normalized spacial score (nSPS) is 19.7. The molecule has 2 aliphatic rings. The molecule has 7 heteroatoms. The lowest BCUT2D eigenvalue weighted by Crippen LogP contribution is -2.48. The molecule has 0 unspecified atom stereocenters. The van der Waals surface area contributed by atoms with Crippen molar-refractivity contribution in [2.45, 2.75) is 44.4 Å². The number of carbonyl (C=O) groups excluding carboxylic acids is 2. The highest BCUT2D eigenvalue weighted by Gasteiger charge is 2.36. The van der Waals surface area contributed by atoms with Gasteiger partial charge >= 0.3 is 6.03 Å². The lowest BCUT2D eigenvalue weighted by atomic mass is 10.2. The highest BCUT2D eigenvalue weighted by atomic mass is 16.5. The van der Waals surface area contributed by atoms with Gasteiger partial charge in [-0.15, -0.1) is 0 Å². The third-order valence-electron chi connectivity index (χ3n) is 4.65. The summed E-state index contributed by atoms with van der Waals surface area (Å²) in [7, 11) is 3.43. The third kappa shape index (κ3) is 4.75. The summed E-state index contributed by atoms with van der Waals surface area (Å²) in [5.74, 6) is 0.678. The first-order valence-corrected chi connectivity index (χ1v) is 8.94. The van der Waals surface area contributed by atoms with Gasteiger partial charge < -0.3 is 23.9 Å². The molecule has 1 saturated carbocycles. The molecule has 25 heavy (non-hydrogen) atoms. The van der Waals surface area contributed by atoms with Gasteiger partial charge in [0.15, 0.2) is 0 Å². The van der Waals surface area contributed by atoms with E-state index in [0.717, 1.165) is 38.1 Å². The number of ether oxygens (including phenoxy) is 1. The number of carbonyl (C=O) groups is 2. The van der Waals surface area contributed by atoms with E-state index < -0.39 is 0 Å². The molecular formula is C18H27N3O4. The Morgan fingerprint density at radius 2 is 2.04 bits per heavy atom. The summed E-state index contributed by atoms with van der Waals surface area (Å²) in [5, 5.41) is 0. The number of hydrogen-bond acceptors (Lipinski definition) is 4. The summed E-state index contributed by atoms with van der Waals surface area (Å²) >= 11 is 0. The average Bonchev–Trinajstić information content (AvgIpc) is 3.07. The number of rotatable bonds is 7. The van der Waals surface area contributed by atoms with E-state index in [9.17, 15) is 9.59 Å². The largest absolute Gasteiger partial charge is 0.467 e. The zero-order valence-electron chi connectivity index (χ0n) is 15.0. The minimum absolute atomic E-state index is 0.0611. The monoisotopic (exact) mass is 349 g/mol. The van der Waals surface area contributed by atoms with Crippen molar-refractivity contribution in [1.82, 2.24) is 14.7 Å². The van der Waals surface area contributed by atoms with Crippen LogP contribution in [0.1, 0.15) is 31.4 Å². The van der Waals surface area contributed by atoms with Crippen molar-refractivity contribution < 1.29 is 18.7 Å². The Bertz CT molecular complexity index is 577. The van der Waals surface area contributed by atoms with Crippen LogP contribution in [0.15, 0.2) is 22.8 Å². The zero-order chi connectivity index (χ0) is 17.8. The van der Waals surface area contributed by atoms with Crippen molar-refractivity contribution in [2.75, 3.05) is 33.8 Å². The van der Waals surface area contributed by atoms with Crippen LogP contribution in [0.3, 0.4) is 0 Å². The molecule has 3 amide bonds. The molecule has 0 N–H and O–H groups in total. The third-order valence-corrected chi connectivity index (χ3v) is 4.65. The summed E-state index contributed by atoms with van der Waals surface area (Å²) in [6, 6.07) is 3.76. The predicted octanol–water partition coefficient (Wildman–Crippen LogP) is 1.93. The highest BCUT2D eigenvalue weighted by molar-refractivity contribution is 5.84. The first-order chi connectivity index (χ1) is 12.0. The Morgan fingerprint density at radius 1 is 1.24 bits per heavy atom. The van der Waals surface area contributed by atoms with Gasteiger partial charge in [-0.25, -0.2) is 4.79 Å². The first-order valence-electron chi connectivity index (χ1n) is 8.94. The van der Waals surface area contributed by atoms with Crippen molar-refractivity contribution in [1.29, 1.82) is 0 Å². The second kappa shape index (κ2) is 7.91. The van der Waals surface area contributed by atoms with Crippen LogP contribution in [0.2, 0.25) is 0 Å². The SMILES string of the molecule is CN(C)C(=O)N(CC(=O)N(Cc1ccco1)C[C@H]1CCCO1)C1CC1. The molecule has 0 spiro atoms. The van der Waals surface area contributed by atoms with Crippen LogP contribution in [0.4, 0.5) is 4.79 Å². The molecular weight excluding hydrogens is 322 g/mol. The fraction of sp³-hybridized carbons (Fsp3) is 0.667. The molecule has 0 aromatic carbocycles. The van der Waals surface area contributed by atoms with Crippen molar-refractivity contribution in [3.63, 3.8) is 0 Å². The van der Waals surface area contributed by atoms with Gasteiger partial charge in [0.1, 0.15) is 12.3 Å². The number of urea groups is 1. The summed E-state index contributed by atoms with van der Waals surface area (Å²) in [6.07, 6.45) is 5.60. The second-order valence-electron chi connectivity index (χ2n) is 7.02. The maximum Gasteiger partial charge on any atom is 0.320 e. The molecule has 2 heterocycles. The van der Waals surface area contributed by atoms with E-state index >= 15 is 0 Å². The Balaban J connectivity index is 1.67. The smallest absolute Gasteiger partial charge is 0.320 e. The predicted molar refractivity (Wildman–Crippen MR) is 91.9 cm³/mol. The molecule has 1 aliphatic heterocycles. The molecule has 1 aromatic rings. The lowest BCUT2D eigenvalue weighted by Gasteiger charge is -2.30. The fourth-order valence-electron chi connectivity index (χ4n) is 3.12. The van der Waals surface area contributed by atoms with E-state index in [1.54, 1.807) is 30.2 Å². The molecule has 7 nitrogen and oxygen atoms in total. The number of furan rings is 1. The van der Waals surface area contributed by atoms with Gasteiger partial charge in [-0.3, -0.25) is 4.79 Å². The van der Waals surface area contributed by atoms with Gasteiger partial charge in [0.05, 0.1) is 18.9 Å². The summed E-state index contributed by atoms with van der Waals surface area (Å²) in [6.45, 7) is 1.80. The van der Waals surface area contributed by atoms with Crippen LogP contribution in [-0.4, -0.2) is 72.6 Å².